The third kappa shape index (κ3) is 3.10. The van der Waals surface area contributed by atoms with Crippen molar-refractivity contribution in [3.05, 3.63) is 68.7 Å². The summed E-state index contributed by atoms with van der Waals surface area (Å²) in [5.41, 5.74) is 6.33. The number of hydrogen-bond donors (Lipinski definition) is 0. The maximum Gasteiger partial charge on any atom is 0.0841 e. The molecule has 106 valence electrons. The van der Waals surface area contributed by atoms with Crippen molar-refractivity contribution in [1.82, 2.24) is 0 Å². The lowest BCUT2D eigenvalue weighted by molar-refractivity contribution is 1.01. The third-order valence-electron chi connectivity index (χ3n) is 3.86. The molecule has 0 fully saturated rings. The summed E-state index contributed by atoms with van der Waals surface area (Å²) in [6.07, 6.45) is 2.05. The second-order valence-corrected chi connectivity index (χ2v) is 6.35. The first-order valence-electron chi connectivity index (χ1n) is 7.09. The minimum Gasteiger partial charge on any atom is -0.113 e. The summed E-state index contributed by atoms with van der Waals surface area (Å²) in [7, 11) is 0. The van der Waals surface area contributed by atoms with E-state index in [9.17, 15) is 0 Å². The normalized spacial score (nSPS) is 12.4. The van der Waals surface area contributed by atoms with Gasteiger partial charge in [0.05, 0.1) is 5.38 Å². The van der Waals surface area contributed by atoms with Crippen LogP contribution >= 0.6 is 27.5 Å². The van der Waals surface area contributed by atoms with Crippen LogP contribution in [-0.2, 0) is 12.8 Å². The summed E-state index contributed by atoms with van der Waals surface area (Å²) in [4.78, 5) is 0. The fraction of sp³-hybridized carbons (Fsp3) is 0.333. The number of hydrogen-bond acceptors (Lipinski definition) is 0. The Hall–Kier alpha value is -0.790. The molecule has 0 aliphatic rings. The van der Waals surface area contributed by atoms with Gasteiger partial charge in [0.25, 0.3) is 0 Å². The monoisotopic (exact) mass is 350 g/mol. The smallest absolute Gasteiger partial charge is 0.0841 e. The van der Waals surface area contributed by atoms with Crippen molar-refractivity contribution < 1.29 is 0 Å². The Kier molecular flexibility index (Phi) is 5.29. The van der Waals surface area contributed by atoms with Crippen molar-refractivity contribution in [3.63, 3.8) is 0 Å². The SMILES string of the molecule is CCc1ccc(CC)c(C(Cl)c2cccc(Br)c2C)c1. The average molecular weight is 352 g/mol. The van der Waals surface area contributed by atoms with E-state index in [2.05, 4.69) is 73.1 Å². The highest BCUT2D eigenvalue weighted by Gasteiger charge is 2.17. The van der Waals surface area contributed by atoms with E-state index in [1.165, 1.54) is 27.8 Å². The van der Waals surface area contributed by atoms with Crippen molar-refractivity contribution >= 4 is 27.5 Å². The highest BCUT2D eigenvalue weighted by Crippen LogP contribution is 2.36. The molecule has 0 aliphatic heterocycles. The van der Waals surface area contributed by atoms with Crippen LogP contribution in [0.4, 0.5) is 0 Å². The standard InChI is InChI=1S/C18H20BrCl/c1-4-13-9-10-14(5-2)16(11-13)18(20)15-7-6-8-17(19)12(15)3/h6-11,18H,4-5H2,1-3H3. The molecule has 0 N–H and O–H groups in total. The summed E-state index contributed by atoms with van der Waals surface area (Å²) in [5, 5.41) is -0.0889. The van der Waals surface area contributed by atoms with Crippen LogP contribution in [0.25, 0.3) is 0 Å². The largest absolute Gasteiger partial charge is 0.113 e. The van der Waals surface area contributed by atoms with Crippen LogP contribution in [0.2, 0.25) is 0 Å². The minimum atomic E-state index is -0.0889. The molecule has 0 nitrogen and oxygen atoms in total. The lowest BCUT2D eigenvalue weighted by Gasteiger charge is -2.18. The number of alkyl halides is 1. The summed E-state index contributed by atoms with van der Waals surface area (Å²) in [6, 6.07) is 12.9. The quantitative estimate of drug-likeness (QED) is 0.574. The Morgan fingerprint density at radius 2 is 1.80 bits per heavy atom. The van der Waals surface area contributed by atoms with Gasteiger partial charge in [0, 0.05) is 4.47 Å². The van der Waals surface area contributed by atoms with Gasteiger partial charge in [-0.1, -0.05) is 60.1 Å². The van der Waals surface area contributed by atoms with Crippen molar-refractivity contribution in [2.45, 2.75) is 39.0 Å². The summed E-state index contributed by atoms with van der Waals surface area (Å²) >= 11 is 10.4. The first-order chi connectivity index (χ1) is 9.58. The van der Waals surface area contributed by atoms with Gasteiger partial charge in [-0.3, -0.25) is 0 Å². The van der Waals surface area contributed by atoms with E-state index < -0.39 is 0 Å². The number of benzene rings is 2. The van der Waals surface area contributed by atoms with Gasteiger partial charge >= 0.3 is 0 Å². The minimum absolute atomic E-state index is 0.0889. The van der Waals surface area contributed by atoms with Crippen molar-refractivity contribution in [3.8, 4) is 0 Å². The molecule has 2 aromatic rings. The highest BCUT2D eigenvalue weighted by atomic mass is 79.9. The summed E-state index contributed by atoms with van der Waals surface area (Å²) < 4.78 is 1.12. The molecule has 0 saturated heterocycles. The van der Waals surface area contributed by atoms with Crippen LogP contribution in [0.5, 0.6) is 0 Å². The lowest BCUT2D eigenvalue weighted by Crippen LogP contribution is -2.02. The zero-order chi connectivity index (χ0) is 14.7. The van der Waals surface area contributed by atoms with Gasteiger partial charge in [0.1, 0.15) is 0 Å². The Morgan fingerprint density at radius 3 is 2.45 bits per heavy atom. The van der Waals surface area contributed by atoms with E-state index in [0.717, 1.165) is 17.3 Å². The fourth-order valence-corrected chi connectivity index (χ4v) is 3.31. The average Bonchev–Trinajstić information content (AvgIpc) is 2.48. The maximum atomic E-state index is 6.80. The molecular formula is C18H20BrCl. The second kappa shape index (κ2) is 6.78. The molecule has 20 heavy (non-hydrogen) atoms. The maximum absolute atomic E-state index is 6.80. The van der Waals surface area contributed by atoms with Gasteiger partial charge in [-0.15, -0.1) is 11.6 Å². The van der Waals surface area contributed by atoms with E-state index >= 15 is 0 Å². The van der Waals surface area contributed by atoms with Crippen molar-refractivity contribution in [2.75, 3.05) is 0 Å². The van der Waals surface area contributed by atoms with Crippen LogP contribution in [0.15, 0.2) is 40.9 Å². The van der Waals surface area contributed by atoms with Crippen LogP contribution in [0, 0.1) is 6.92 Å². The first-order valence-corrected chi connectivity index (χ1v) is 8.32. The number of aryl methyl sites for hydroxylation is 2. The zero-order valence-electron chi connectivity index (χ0n) is 12.2. The molecule has 2 rings (SSSR count). The molecule has 0 saturated carbocycles. The Labute approximate surface area is 135 Å². The van der Waals surface area contributed by atoms with Gasteiger partial charge in [-0.05, 0) is 53.6 Å². The predicted octanol–water partition coefficient (Wildman–Crippen LogP) is 6.21. The van der Waals surface area contributed by atoms with Crippen LogP contribution in [-0.4, -0.2) is 0 Å². The van der Waals surface area contributed by atoms with Gasteiger partial charge in [-0.25, -0.2) is 0 Å². The molecular weight excluding hydrogens is 332 g/mol. The van der Waals surface area contributed by atoms with Gasteiger partial charge in [0.2, 0.25) is 0 Å². The Morgan fingerprint density at radius 1 is 1.05 bits per heavy atom. The second-order valence-electron chi connectivity index (χ2n) is 5.06. The van der Waals surface area contributed by atoms with Crippen molar-refractivity contribution in [1.29, 1.82) is 0 Å². The molecule has 0 spiro atoms. The van der Waals surface area contributed by atoms with Crippen LogP contribution in [0.3, 0.4) is 0 Å². The van der Waals surface area contributed by atoms with E-state index in [4.69, 9.17) is 11.6 Å². The Balaban J connectivity index is 2.51. The van der Waals surface area contributed by atoms with Gasteiger partial charge < -0.3 is 0 Å². The number of rotatable bonds is 4. The topological polar surface area (TPSA) is 0 Å². The Bertz CT molecular complexity index is 604. The molecule has 0 bridgehead atoms. The van der Waals surface area contributed by atoms with Crippen LogP contribution in [0.1, 0.15) is 47.0 Å². The molecule has 2 aromatic carbocycles. The number of halogens is 2. The zero-order valence-corrected chi connectivity index (χ0v) is 14.6. The molecule has 0 radical (unpaired) electrons. The molecule has 1 unspecified atom stereocenters. The van der Waals surface area contributed by atoms with E-state index in [0.29, 0.717) is 0 Å². The van der Waals surface area contributed by atoms with Gasteiger partial charge in [-0.2, -0.15) is 0 Å². The summed E-state index contributed by atoms with van der Waals surface area (Å²) in [6.45, 7) is 6.48. The molecule has 0 aromatic heterocycles. The van der Waals surface area contributed by atoms with E-state index in [1.54, 1.807) is 0 Å². The molecule has 0 heterocycles. The van der Waals surface area contributed by atoms with Gasteiger partial charge in [0.15, 0.2) is 0 Å². The predicted molar refractivity (Wildman–Crippen MR) is 91.8 cm³/mol. The molecule has 0 aliphatic carbocycles. The molecule has 0 amide bonds. The van der Waals surface area contributed by atoms with Crippen LogP contribution < -0.4 is 0 Å². The van der Waals surface area contributed by atoms with Crippen molar-refractivity contribution in [2.24, 2.45) is 0 Å². The molecule has 1 atom stereocenters. The fourth-order valence-electron chi connectivity index (χ4n) is 2.49. The highest BCUT2D eigenvalue weighted by molar-refractivity contribution is 9.10. The van der Waals surface area contributed by atoms with E-state index in [-0.39, 0.29) is 5.38 Å². The lowest BCUT2D eigenvalue weighted by atomic mass is 9.93. The molecule has 2 heteroatoms. The first kappa shape index (κ1) is 15.6. The summed E-state index contributed by atoms with van der Waals surface area (Å²) in [5.74, 6) is 0. The third-order valence-corrected chi connectivity index (χ3v) is 5.18. The van der Waals surface area contributed by atoms with E-state index in [1.807, 2.05) is 0 Å².